The summed E-state index contributed by atoms with van der Waals surface area (Å²) >= 11 is 0. The second-order valence-corrected chi connectivity index (χ2v) is 25.6. The summed E-state index contributed by atoms with van der Waals surface area (Å²) in [5.74, 6) is -1.07. The van der Waals surface area contributed by atoms with Gasteiger partial charge in [-0.3, -0.25) is 9.59 Å². The predicted molar refractivity (Wildman–Crippen MR) is 348 cm³/mol. The molecule has 0 spiro atoms. The minimum Gasteiger partial charge on any atom is -0.493 e. The average Bonchev–Trinajstić information content (AvgIpc) is 0.788. The van der Waals surface area contributed by atoms with E-state index < -0.39 is 102 Å². The molecule has 10 rings (SSSR count). The summed E-state index contributed by atoms with van der Waals surface area (Å²) < 4.78 is 96.5. The Hall–Kier alpha value is -7.42. The summed E-state index contributed by atoms with van der Waals surface area (Å²) in [5.41, 5.74) is 4.37. The highest BCUT2D eigenvalue weighted by atomic mass is 16.8. The van der Waals surface area contributed by atoms with Crippen LogP contribution in [-0.2, 0) is 122 Å². The van der Waals surface area contributed by atoms with Gasteiger partial charge >= 0.3 is 11.9 Å². The van der Waals surface area contributed by atoms with Crippen LogP contribution in [0.2, 0.25) is 0 Å². The van der Waals surface area contributed by atoms with Crippen molar-refractivity contribution in [2.45, 2.75) is 168 Å². The number of benzene rings is 7. The summed E-state index contributed by atoms with van der Waals surface area (Å²) in [4.78, 5) is 29.2. The summed E-state index contributed by atoms with van der Waals surface area (Å²) in [6.45, 7) is 11.7. The number of hydrogen-bond donors (Lipinski definition) is 0. The Kier molecular flexibility index (Phi) is 25.1. The van der Waals surface area contributed by atoms with E-state index in [1.165, 1.54) is 0 Å². The molecule has 93 heavy (non-hydrogen) atoms. The van der Waals surface area contributed by atoms with Crippen molar-refractivity contribution in [2.75, 3.05) is 19.8 Å². The fourth-order valence-electron chi connectivity index (χ4n) is 10.9. The van der Waals surface area contributed by atoms with Crippen LogP contribution in [0.25, 0.3) is 0 Å². The first kappa shape index (κ1) is 68.4. The smallest absolute Gasteiger partial charge is 0.311 e. The number of esters is 2. The monoisotopic (exact) mass is 1270 g/mol. The van der Waals surface area contributed by atoms with Gasteiger partial charge in [0.1, 0.15) is 48.8 Å². The minimum atomic E-state index is -1.42. The van der Waals surface area contributed by atoms with Crippen LogP contribution < -0.4 is 0 Å². The molecule has 3 heterocycles. The lowest BCUT2D eigenvalue weighted by molar-refractivity contribution is -0.356. The number of ether oxygens (including phenoxy) is 14. The van der Waals surface area contributed by atoms with Crippen LogP contribution >= 0.6 is 0 Å². The van der Waals surface area contributed by atoms with Crippen LogP contribution in [0.4, 0.5) is 0 Å². The van der Waals surface area contributed by atoms with Gasteiger partial charge < -0.3 is 66.3 Å². The molecule has 16 nitrogen and oxygen atoms in total. The molecule has 0 radical (unpaired) electrons. The number of carbonyl (C=O) groups is 2. The van der Waals surface area contributed by atoms with Crippen LogP contribution in [0, 0.1) is 10.8 Å². The Balaban J connectivity index is 1.05. The Morgan fingerprint density at radius 3 is 1.02 bits per heavy atom. The summed E-state index contributed by atoms with van der Waals surface area (Å²) in [5, 5.41) is 0. The third-order valence-corrected chi connectivity index (χ3v) is 16.0. The molecule has 2 saturated heterocycles. The zero-order valence-electron chi connectivity index (χ0n) is 54.0. The molecule has 7 aromatic rings. The molecular formula is C77H88O16. The third kappa shape index (κ3) is 20.3. The standard InChI is InChI=1S/C77H88O16/c1-76(2,3)74(78)92-70-68(86-49-59-38-24-12-25-39-59)66(84-47-57-34-20-10-21-35-57)63(52-81-45-55-30-16-8-17-31-55)89-72(70)88-53-64-67(85-48-58-36-22-11-23-37-58)69(87-50-60-40-26-13-27-41-60)71(93-75(79)77(4,5)6)73(90-64)91-65-61(83-46-56-32-18-9-19-33-56)42-43-82-62(65)51-80-44-54-28-14-7-15-29-54/h7-43,61-73H,44-53H2,1-6H3/t61?,62?,63?,64?,65-,66+,67+,68?,69?,70?,71?,72+,73+/m0/s1. The molecule has 0 aliphatic carbocycles. The summed E-state index contributed by atoms with van der Waals surface area (Å²) in [7, 11) is 0. The Morgan fingerprint density at radius 2 is 0.645 bits per heavy atom. The first-order valence-corrected chi connectivity index (χ1v) is 32.0. The van der Waals surface area contributed by atoms with Crippen LogP contribution in [0.15, 0.2) is 225 Å². The van der Waals surface area contributed by atoms with Crippen LogP contribution in [0.1, 0.15) is 80.5 Å². The van der Waals surface area contributed by atoms with Gasteiger partial charge in [0.2, 0.25) is 0 Å². The molecule has 13 atom stereocenters. The molecule has 0 bridgehead atoms. The SMILES string of the molecule is CC(C)(C)C(=O)OC1C(OCc2ccccc2)[C@H](OCc2ccccc2)C(COCc2ccccc2)O[C@H]1OCC1O[C@H](O[C@H]2C(OCc3ccccc3)C=COC2COCc2ccccc2)C(OC(=O)C(C)(C)C)C(OCc2ccccc2)[C@@H]1OCc1ccccc1. The van der Waals surface area contributed by atoms with Gasteiger partial charge in [0.05, 0.1) is 83.2 Å². The van der Waals surface area contributed by atoms with Crippen molar-refractivity contribution in [2.24, 2.45) is 10.8 Å². The maximum absolute atomic E-state index is 14.6. The van der Waals surface area contributed by atoms with E-state index in [9.17, 15) is 9.59 Å². The molecule has 0 amide bonds. The molecule has 3 aliphatic heterocycles. The van der Waals surface area contributed by atoms with E-state index in [-0.39, 0.29) is 59.5 Å². The summed E-state index contributed by atoms with van der Waals surface area (Å²) in [6, 6.07) is 68.5. The highest BCUT2D eigenvalue weighted by molar-refractivity contribution is 5.76. The predicted octanol–water partition coefficient (Wildman–Crippen LogP) is 13.0. The van der Waals surface area contributed by atoms with Gasteiger partial charge in [-0.1, -0.05) is 212 Å². The van der Waals surface area contributed by atoms with E-state index in [2.05, 4.69) is 0 Å². The third-order valence-electron chi connectivity index (χ3n) is 16.0. The van der Waals surface area contributed by atoms with Gasteiger partial charge in [0.15, 0.2) is 30.9 Å². The van der Waals surface area contributed by atoms with E-state index in [0.717, 1.165) is 38.9 Å². The molecule has 3 aliphatic rings. The van der Waals surface area contributed by atoms with Crippen molar-refractivity contribution in [3.63, 3.8) is 0 Å². The van der Waals surface area contributed by atoms with E-state index >= 15 is 0 Å². The highest BCUT2D eigenvalue weighted by Gasteiger charge is 2.55. The fourth-order valence-corrected chi connectivity index (χ4v) is 10.9. The molecule has 2 fully saturated rings. The average molecular weight is 1270 g/mol. The summed E-state index contributed by atoms with van der Waals surface area (Å²) in [6.07, 6.45) is -10.4. The molecule has 0 saturated carbocycles. The maximum atomic E-state index is 14.6. The molecule has 0 N–H and O–H groups in total. The van der Waals surface area contributed by atoms with E-state index in [0.29, 0.717) is 6.61 Å². The topological polar surface area (TPSA) is 163 Å². The largest absolute Gasteiger partial charge is 0.493 e. The first-order chi connectivity index (χ1) is 45.2. The minimum absolute atomic E-state index is 0.0237. The number of carbonyl (C=O) groups excluding carboxylic acids is 2. The Bertz CT molecular complexity index is 3310. The highest BCUT2D eigenvalue weighted by Crippen LogP contribution is 2.38. The fraction of sp³-hybridized carbons (Fsp3) is 0.403. The molecule has 0 aromatic heterocycles. The van der Waals surface area contributed by atoms with Gasteiger partial charge in [-0.05, 0) is 86.6 Å². The van der Waals surface area contributed by atoms with Gasteiger partial charge in [-0.25, -0.2) is 0 Å². The van der Waals surface area contributed by atoms with Crippen molar-refractivity contribution >= 4 is 11.9 Å². The van der Waals surface area contributed by atoms with Crippen LogP contribution in [-0.4, -0.2) is 111 Å². The second-order valence-electron chi connectivity index (χ2n) is 25.6. The van der Waals surface area contributed by atoms with Gasteiger partial charge in [0, 0.05) is 0 Å². The van der Waals surface area contributed by atoms with E-state index in [1.807, 2.05) is 212 Å². The Morgan fingerprint density at radius 1 is 0.333 bits per heavy atom. The molecular weight excluding hydrogens is 1180 g/mol. The van der Waals surface area contributed by atoms with Crippen molar-refractivity contribution in [1.29, 1.82) is 0 Å². The van der Waals surface area contributed by atoms with Gasteiger partial charge in [-0.15, -0.1) is 0 Å². The Labute approximate surface area is 547 Å². The van der Waals surface area contributed by atoms with Crippen LogP contribution in [0.5, 0.6) is 0 Å². The zero-order valence-corrected chi connectivity index (χ0v) is 54.0. The molecule has 7 aromatic carbocycles. The molecule has 16 heteroatoms. The zero-order chi connectivity index (χ0) is 64.8. The van der Waals surface area contributed by atoms with E-state index in [4.69, 9.17) is 66.3 Å². The normalized spacial score (nSPS) is 24.8. The van der Waals surface area contributed by atoms with Crippen molar-refractivity contribution in [3.05, 3.63) is 264 Å². The lowest BCUT2D eigenvalue weighted by atomic mass is 9.94. The maximum Gasteiger partial charge on any atom is 0.311 e. The van der Waals surface area contributed by atoms with Gasteiger partial charge in [-0.2, -0.15) is 0 Å². The van der Waals surface area contributed by atoms with Crippen molar-refractivity contribution in [1.82, 2.24) is 0 Å². The van der Waals surface area contributed by atoms with Crippen molar-refractivity contribution < 1.29 is 75.9 Å². The quantitative estimate of drug-likeness (QED) is 0.0390. The number of hydrogen-bond acceptors (Lipinski definition) is 16. The molecule has 8 unspecified atom stereocenters. The second kappa shape index (κ2) is 34.1. The van der Waals surface area contributed by atoms with Gasteiger partial charge in [0.25, 0.3) is 0 Å². The first-order valence-electron chi connectivity index (χ1n) is 32.0. The van der Waals surface area contributed by atoms with Crippen LogP contribution in [0.3, 0.4) is 0 Å². The van der Waals surface area contributed by atoms with E-state index in [1.54, 1.807) is 53.9 Å². The number of rotatable bonds is 30. The lowest BCUT2D eigenvalue weighted by Gasteiger charge is -2.49. The molecule has 492 valence electrons. The van der Waals surface area contributed by atoms with Crippen molar-refractivity contribution in [3.8, 4) is 0 Å². The lowest BCUT2D eigenvalue weighted by Crippen LogP contribution is -2.65.